The quantitative estimate of drug-likeness (QED) is 0.852. The van der Waals surface area contributed by atoms with E-state index in [9.17, 15) is 0 Å². The highest BCUT2D eigenvalue weighted by atomic mass is 15.3. The van der Waals surface area contributed by atoms with Crippen LogP contribution in [0.3, 0.4) is 0 Å². The lowest BCUT2D eigenvalue weighted by atomic mass is 9.96. The molecular formula is C14H25N3. The summed E-state index contributed by atoms with van der Waals surface area (Å²) in [5, 5.41) is 4.72. The molecule has 1 unspecified atom stereocenters. The molecule has 0 amide bonds. The summed E-state index contributed by atoms with van der Waals surface area (Å²) >= 11 is 0. The van der Waals surface area contributed by atoms with E-state index in [-0.39, 0.29) is 0 Å². The van der Waals surface area contributed by atoms with Gasteiger partial charge in [0.1, 0.15) is 0 Å². The summed E-state index contributed by atoms with van der Waals surface area (Å²) in [4.78, 5) is 0. The molecular weight excluding hydrogens is 210 g/mol. The van der Waals surface area contributed by atoms with Crippen LogP contribution in [0.1, 0.15) is 57.2 Å². The maximum Gasteiger partial charge on any atom is 0.0624 e. The first-order chi connectivity index (χ1) is 8.29. The van der Waals surface area contributed by atoms with E-state index in [2.05, 4.69) is 23.9 Å². The molecule has 2 rings (SSSR count). The average Bonchev–Trinajstić information content (AvgIpc) is 2.86. The van der Waals surface area contributed by atoms with Gasteiger partial charge in [0.15, 0.2) is 0 Å². The number of nitrogens with two attached hydrogens (primary N) is 1. The van der Waals surface area contributed by atoms with Gasteiger partial charge in [-0.2, -0.15) is 5.10 Å². The van der Waals surface area contributed by atoms with E-state index in [1.165, 1.54) is 37.8 Å². The zero-order valence-corrected chi connectivity index (χ0v) is 10.9. The Morgan fingerprint density at radius 2 is 2.18 bits per heavy atom. The summed E-state index contributed by atoms with van der Waals surface area (Å²) in [5.74, 6) is 0.606. The lowest BCUT2D eigenvalue weighted by Gasteiger charge is -2.21. The third kappa shape index (κ3) is 3.56. The molecule has 96 valence electrons. The molecule has 0 aromatic carbocycles. The number of hydrogen-bond donors (Lipinski definition) is 1. The lowest BCUT2D eigenvalue weighted by Crippen LogP contribution is -2.14. The summed E-state index contributed by atoms with van der Waals surface area (Å²) in [6.07, 6.45) is 11.1. The maximum atomic E-state index is 5.63. The second kappa shape index (κ2) is 6.20. The molecule has 1 aliphatic rings. The first-order valence-corrected chi connectivity index (χ1v) is 7.03. The van der Waals surface area contributed by atoms with E-state index >= 15 is 0 Å². The topological polar surface area (TPSA) is 43.8 Å². The van der Waals surface area contributed by atoms with Crippen molar-refractivity contribution in [3.8, 4) is 0 Å². The molecule has 3 nitrogen and oxygen atoms in total. The number of aryl methyl sites for hydroxylation is 1. The molecule has 0 radical (unpaired) electrons. The van der Waals surface area contributed by atoms with E-state index in [0.717, 1.165) is 19.4 Å². The average molecular weight is 235 g/mol. The fourth-order valence-electron chi connectivity index (χ4n) is 2.57. The molecule has 17 heavy (non-hydrogen) atoms. The second-order valence-electron chi connectivity index (χ2n) is 5.46. The van der Waals surface area contributed by atoms with Crippen molar-refractivity contribution in [1.29, 1.82) is 0 Å². The van der Waals surface area contributed by atoms with Crippen LogP contribution in [0.25, 0.3) is 0 Å². The van der Waals surface area contributed by atoms with Gasteiger partial charge in [-0.3, -0.25) is 4.68 Å². The largest absolute Gasteiger partial charge is 0.330 e. The predicted molar refractivity (Wildman–Crippen MR) is 70.9 cm³/mol. The van der Waals surface area contributed by atoms with E-state index in [4.69, 9.17) is 10.8 Å². The van der Waals surface area contributed by atoms with Gasteiger partial charge in [-0.1, -0.05) is 26.2 Å². The van der Waals surface area contributed by atoms with Crippen molar-refractivity contribution < 1.29 is 0 Å². The van der Waals surface area contributed by atoms with Crippen molar-refractivity contribution in [3.05, 3.63) is 18.0 Å². The number of hydrogen-bond acceptors (Lipinski definition) is 2. The molecule has 1 aromatic heterocycles. The van der Waals surface area contributed by atoms with E-state index in [1.807, 2.05) is 0 Å². The highest BCUT2D eigenvalue weighted by molar-refractivity contribution is 5.00. The Labute approximate surface area is 104 Å². The minimum Gasteiger partial charge on any atom is -0.330 e. The molecule has 1 aromatic rings. The summed E-state index contributed by atoms with van der Waals surface area (Å²) in [6, 6.07) is 2.84. The van der Waals surface area contributed by atoms with Crippen molar-refractivity contribution in [2.45, 2.75) is 57.9 Å². The van der Waals surface area contributed by atoms with Crippen molar-refractivity contribution in [1.82, 2.24) is 9.78 Å². The van der Waals surface area contributed by atoms with Crippen LogP contribution in [0, 0.1) is 5.92 Å². The third-order valence-electron chi connectivity index (χ3n) is 3.91. The zero-order chi connectivity index (χ0) is 12.1. The molecule has 0 saturated heterocycles. The van der Waals surface area contributed by atoms with Gasteiger partial charge in [0.2, 0.25) is 0 Å². The molecule has 1 heterocycles. The molecule has 1 aliphatic carbocycles. The van der Waals surface area contributed by atoms with E-state index in [0.29, 0.717) is 12.0 Å². The number of nitrogens with zero attached hydrogens (tertiary/aromatic N) is 2. The summed E-state index contributed by atoms with van der Waals surface area (Å²) in [6.45, 7) is 2.99. The Kier molecular flexibility index (Phi) is 4.60. The molecule has 1 saturated carbocycles. The molecule has 1 fully saturated rings. The molecule has 0 bridgehead atoms. The minimum atomic E-state index is 0.606. The Balaban J connectivity index is 1.86. The van der Waals surface area contributed by atoms with Crippen LogP contribution in [0.5, 0.6) is 0 Å². The van der Waals surface area contributed by atoms with Crippen molar-refractivity contribution in [3.63, 3.8) is 0 Å². The highest BCUT2D eigenvalue weighted by Gasteiger charge is 2.15. The molecule has 0 aliphatic heterocycles. The normalized spacial score (nSPS) is 19.4. The Morgan fingerprint density at radius 3 is 2.88 bits per heavy atom. The first kappa shape index (κ1) is 12.6. The summed E-state index contributed by atoms with van der Waals surface area (Å²) in [5.41, 5.74) is 6.86. The van der Waals surface area contributed by atoms with Gasteiger partial charge >= 0.3 is 0 Å². The van der Waals surface area contributed by atoms with Crippen LogP contribution in [-0.2, 0) is 6.42 Å². The maximum absolute atomic E-state index is 5.63. The van der Waals surface area contributed by atoms with Crippen LogP contribution in [0.15, 0.2) is 12.3 Å². The SMILES string of the molecule is CC(CN)CCc1ccn(C2CCCCC2)n1. The molecule has 1 atom stereocenters. The van der Waals surface area contributed by atoms with E-state index < -0.39 is 0 Å². The molecule has 0 spiro atoms. The van der Waals surface area contributed by atoms with Gasteiger partial charge in [-0.15, -0.1) is 0 Å². The van der Waals surface area contributed by atoms with Crippen molar-refractivity contribution >= 4 is 0 Å². The van der Waals surface area contributed by atoms with Gasteiger partial charge in [0.25, 0.3) is 0 Å². The van der Waals surface area contributed by atoms with Crippen molar-refractivity contribution in [2.75, 3.05) is 6.54 Å². The number of aromatic nitrogens is 2. The van der Waals surface area contributed by atoms with Crippen LogP contribution in [-0.4, -0.2) is 16.3 Å². The molecule has 2 N–H and O–H groups in total. The van der Waals surface area contributed by atoms with Gasteiger partial charge in [-0.05, 0) is 44.2 Å². The van der Waals surface area contributed by atoms with E-state index in [1.54, 1.807) is 0 Å². The Hall–Kier alpha value is -0.830. The fraction of sp³-hybridized carbons (Fsp3) is 0.786. The smallest absolute Gasteiger partial charge is 0.0624 e. The van der Waals surface area contributed by atoms with Gasteiger partial charge in [0.05, 0.1) is 11.7 Å². The van der Waals surface area contributed by atoms with Gasteiger partial charge in [0, 0.05) is 6.20 Å². The van der Waals surface area contributed by atoms with Crippen LogP contribution in [0.2, 0.25) is 0 Å². The molecule has 3 heteroatoms. The second-order valence-corrected chi connectivity index (χ2v) is 5.46. The fourth-order valence-corrected chi connectivity index (χ4v) is 2.57. The predicted octanol–water partition coefficient (Wildman–Crippen LogP) is 2.92. The lowest BCUT2D eigenvalue weighted by molar-refractivity contribution is 0.327. The monoisotopic (exact) mass is 235 g/mol. The summed E-state index contributed by atoms with van der Waals surface area (Å²) in [7, 11) is 0. The van der Waals surface area contributed by atoms with Crippen LogP contribution in [0.4, 0.5) is 0 Å². The first-order valence-electron chi connectivity index (χ1n) is 7.03. The van der Waals surface area contributed by atoms with Crippen LogP contribution < -0.4 is 5.73 Å². The van der Waals surface area contributed by atoms with Crippen LogP contribution >= 0.6 is 0 Å². The summed E-state index contributed by atoms with van der Waals surface area (Å²) < 4.78 is 2.20. The van der Waals surface area contributed by atoms with Crippen molar-refractivity contribution in [2.24, 2.45) is 11.7 Å². The highest BCUT2D eigenvalue weighted by Crippen LogP contribution is 2.27. The number of rotatable bonds is 5. The van der Waals surface area contributed by atoms with Gasteiger partial charge in [-0.25, -0.2) is 0 Å². The van der Waals surface area contributed by atoms with Gasteiger partial charge < -0.3 is 5.73 Å². The zero-order valence-electron chi connectivity index (χ0n) is 10.9. The minimum absolute atomic E-state index is 0.606. The Bertz CT molecular complexity index is 326. The third-order valence-corrected chi connectivity index (χ3v) is 3.91. The standard InChI is InChI=1S/C14H25N3/c1-12(11-15)7-8-13-9-10-17(16-13)14-5-3-2-4-6-14/h9-10,12,14H,2-8,11,15H2,1H3. The Morgan fingerprint density at radius 1 is 1.41 bits per heavy atom.